The van der Waals surface area contributed by atoms with Gasteiger partial charge in [0, 0.05) is 22.0 Å². The molecule has 1 aliphatic heterocycles. The Bertz CT molecular complexity index is 392. The Balaban J connectivity index is 2.06. The second-order valence-electron chi connectivity index (χ2n) is 4.63. The van der Waals surface area contributed by atoms with Gasteiger partial charge in [0.25, 0.3) is 0 Å². The van der Waals surface area contributed by atoms with Crippen molar-refractivity contribution in [1.29, 1.82) is 0 Å². The Hall–Kier alpha value is -0.100. The Labute approximate surface area is 126 Å². The number of hydrogen-bond acceptors (Lipinski definition) is 3. The van der Waals surface area contributed by atoms with Crippen molar-refractivity contribution >= 4 is 27.7 Å². The van der Waals surface area contributed by atoms with Gasteiger partial charge in [0.1, 0.15) is 5.82 Å². The first-order valence-corrected chi connectivity index (χ1v) is 8.51. The van der Waals surface area contributed by atoms with Crippen LogP contribution < -0.4 is 5.32 Å². The van der Waals surface area contributed by atoms with Crippen molar-refractivity contribution in [3.8, 4) is 0 Å². The van der Waals surface area contributed by atoms with Gasteiger partial charge in [-0.1, -0.05) is 22.9 Å². The van der Waals surface area contributed by atoms with E-state index in [0.29, 0.717) is 0 Å². The van der Waals surface area contributed by atoms with E-state index in [1.165, 1.54) is 6.07 Å². The summed E-state index contributed by atoms with van der Waals surface area (Å²) in [5, 5.41) is 3.46. The third-order valence-corrected chi connectivity index (χ3v) is 4.61. The highest BCUT2D eigenvalue weighted by Gasteiger charge is 2.24. The van der Waals surface area contributed by atoms with E-state index >= 15 is 0 Å². The van der Waals surface area contributed by atoms with Gasteiger partial charge in [-0.3, -0.25) is 0 Å². The number of thioether (sulfide) groups is 1. The maximum Gasteiger partial charge on any atom is 0.124 e. The van der Waals surface area contributed by atoms with Gasteiger partial charge in [0.2, 0.25) is 0 Å². The molecule has 0 aromatic heterocycles. The van der Waals surface area contributed by atoms with Crippen LogP contribution in [0.15, 0.2) is 22.7 Å². The van der Waals surface area contributed by atoms with Crippen LogP contribution in [0.3, 0.4) is 0 Å². The van der Waals surface area contributed by atoms with Crippen LogP contribution in [0, 0.1) is 5.82 Å². The van der Waals surface area contributed by atoms with Crippen LogP contribution in [0.4, 0.5) is 4.39 Å². The summed E-state index contributed by atoms with van der Waals surface area (Å²) in [7, 11) is 0. The summed E-state index contributed by atoms with van der Waals surface area (Å²) in [6.07, 6.45) is 0.996. The van der Waals surface area contributed by atoms with Crippen LogP contribution in [-0.2, 0) is 11.2 Å². The molecule has 1 aliphatic rings. The molecule has 1 fully saturated rings. The van der Waals surface area contributed by atoms with Gasteiger partial charge >= 0.3 is 0 Å². The molecule has 0 saturated carbocycles. The zero-order valence-corrected chi connectivity index (χ0v) is 13.4. The minimum absolute atomic E-state index is 0.196. The molecule has 19 heavy (non-hydrogen) atoms. The summed E-state index contributed by atoms with van der Waals surface area (Å²) in [6.45, 7) is 3.79. The number of hydrogen-bond donors (Lipinski definition) is 1. The van der Waals surface area contributed by atoms with E-state index in [9.17, 15) is 4.39 Å². The van der Waals surface area contributed by atoms with Crippen molar-refractivity contribution in [1.82, 2.24) is 5.32 Å². The Morgan fingerprint density at radius 2 is 2.37 bits per heavy atom. The molecule has 1 aromatic carbocycles. The quantitative estimate of drug-likeness (QED) is 0.883. The van der Waals surface area contributed by atoms with Gasteiger partial charge in [-0.15, -0.1) is 0 Å². The number of halogens is 2. The first-order valence-electron chi connectivity index (χ1n) is 6.56. The van der Waals surface area contributed by atoms with E-state index in [-0.39, 0.29) is 18.0 Å². The highest BCUT2D eigenvalue weighted by atomic mass is 79.9. The molecule has 0 spiro atoms. The van der Waals surface area contributed by atoms with Crippen molar-refractivity contribution in [2.45, 2.75) is 25.5 Å². The molecule has 0 bridgehead atoms. The van der Waals surface area contributed by atoms with Crippen LogP contribution in [0.2, 0.25) is 0 Å². The van der Waals surface area contributed by atoms with Crippen LogP contribution in [-0.4, -0.2) is 36.8 Å². The predicted molar refractivity (Wildman–Crippen MR) is 82.3 cm³/mol. The van der Waals surface area contributed by atoms with Crippen molar-refractivity contribution in [3.63, 3.8) is 0 Å². The van der Waals surface area contributed by atoms with Gasteiger partial charge in [-0.25, -0.2) is 4.39 Å². The van der Waals surface area contributed by atoms with Crippen LogP contribution in [0.25, 0.3) is 0 Å². The molecule has 1 saturated heterocycles. The molecule has 2 nitrogen and oxygen atoms in total. The smallest absolute Gasteiger partial charge is 0.124 e. The molecule has 0 amide bonds. The molecule has 2 unspecified atom stereocenters. The molecule has 5 heteroatoms. The minimum atomic E-state index is -0.196. The molecule has 2 atom stereocenters. The summed E-state index contributed by atoms with van der Waals surface area (Å²) < 4.78 is 20.0. The highest BCUT2D eigenvalue weighted by molar-refractivity contribution is 9.10. The zero-order chi connectivity index (χ0) is 13.7. The van der Waals surface area contributed by atoms with E-state index in [2.05, 4.69) is 28.2 Å². The van der Waals surface area contributed by atoms with Gasteiger partial charge in [0.05, 0.1) is 12.7 Å². The standard InChI is InChI=1S/C14H19BrFNOS/c1-2-17-13(14-9-19-4-3-18-14)7-10-5-11(15)8-12(16)6-10/h5-6,8,13-14,17H,2-4,7,9H2,1H3. The number of benzene rings is 1. The van der Waals surface area contributed by atoms with Crippen molar-refractivity contribution < 1.29 is 9.13 Å². The number of likely N-dealkylation sites (N-methyl/N-ethyl adjacent to an activating group) is 1. The van der Waals surface area contributed by atoms with E-state index in [0.717, 1.165) is 41.1 Å². The van der Waals surface area contributed by atoms with E-state index in [1.54, 1.807) is 6.07 Å². The van der Waals surface area contributed by atoms with Crippen LogP contribution in [0.5, 0.6) is 0 Å². The molecule has 0 radical (unpaired) electrons. The maximum absolute atomic E-state index is 13.4. The molecule has 1 heterocycles. The fourth-order valence-corrected chi connectivity index (χ4v) is 3.77. The van der Waals surface area contributed by atoms with Gasteiger partial charge in [-0.05, 0) is 36.7 Å². The predicted octanol–water partition coefficient (Wildman–Crippen LogP) is 3.24. The van der Waals surface area contributed by atoms with Gasteiger partial charge < -0.3 is 10.1 Å². The Kier molecular flexibility index (Phi) is 6.13. The lowest BCUT2D eigenvalue weighted by molar-refractivity contribution is 0.0476. The monoisotopic (exact) mass is 347 g/mol. The average molecular weight is 348 g/mol. The molecule has 2 rings (SSSR count). The minimum Gasteiger partial charge on any atom is -0.375 e. The van der Waals surface area contributed by atoms with Crippen LogP contribution >= 0.6 is 27.7 Å². The summed E-state index contributed by atoms with van der Waals surface area (Å²) in [4.78, 5) is 0. The maximum atomic E-state index is 13.4. The topological polar surface area (TPSA) is 21.3 Å². The molecule has 106 valence electrons. The Morgan fingerprint density at radius 3 is 3.00 bits per heavy atom. The van der Waals surface area contributed by atoms with Crippen molar-refractivity contribution in [2.24, 2.45) is 0 Å². The number of ether oxygens (including phenoxy) is 1. The van der Waals surface area contributed by atoms with Crippen molar-refractivity contribution in [2.75, 3.05) is 24.7 Å². The third kappa shape index (κ3) is 4.74. The van der Waals surface area contributed by atoms with Crippen LogP contribution in [0.1, 0.15) is 12.5 Å². The summed E-state index contributed by atoms with van der Waals surface area (Å²) in [5.41, 5.74) is 0.997. The third-order valence-electron chi connectivity index (χ3n) is 3.13. The molecular formula is C14H19BrFNOS. The average Bonchev–Trinajstić information content (AvgIpc) is 2.38. The highest BCUT2D eigenvalue weighted by Crippen LogP contribution is 2.20. The Morgan fingerprint density at radius 1 is 1.53 bits per heavy atom. The lowest BCUT2D eigenvalue weighted by atomic mass is 10.0. The fraction of sp³-hybridized carbons (Fsp3) is 0.571. The largest absolute Gasteiger partial charge is 0.375 e. The number of rotatable bonds is 5. The van der Waals surface area contributed by atoms with Crippen molar-refractivity contribution in [3.05, 3.63) is 34.1 Å². The normalized spacial score (nSPS) is 21.3. The summed E-state index contributed by atoms with van der Waals surface area (Å²) >= 11 is 5.27. The fourth-order valence-electron chi connectivity index (χ4n) is 2.32. The second-order valence-corrected chi connectivity index (χ2v) is 6.70. The molecule has 1 aromatic rings. The van der Waals surface area contributed by atoms with E-state index < -0.39 is 0 Å². The number of nitrogens with one attached hydrogen (secondary N) is 1. The first-order chi connectivity index (χ1) is 9.19. The first kappa shape index (κ1) is 15.3. The van der Waals surface area contributed by atoms with Gasteiger partial charge in [0.15, 0.2) is 0 Å². The molecule has 0 aliphatic carbocycles. The van der Waals surface area contributed by atoms with Gasteiger partial charge in [-0.2, -0.15) is 11.8 Å². The lowest BCUT2D eigenvalue weighted by Crippen LogP contribution is -2.46. The van der Waals surface area contributed by atoms with E-state index in [1.807, 2.05) is 17.8 Å². The summed E-state index contributed by atoms with van der Waals surface area (Å²) in [6, 6.07) is 5.30. The summed E-state index contributed by atoms with van der Waals surface area (Å²) in [5.74, 6) is 1.88. The lowest BCUT2D eigenvalue weighted by Gasteiger charge is -2.31. The second kappa shape index (κ2) is 7.62. The molecule has 1 N–H and O–H groups in total. The van der Waals surface area contributed by atoms with E-state index in [4.69, 9.17) is 4.74 Å². The zero-order valence-electron chi connectivity index (χ0n) is 11.0. The molecular weight excluding hydrogens is 329 g/mol. The SMILES string of the molecule is CCNC(Cc1cc(F)cc(Br)c1)C1CSCCO1.